The second-order valence-electron chi connectivity index (χ2n) is 4.28. The molecule has 88 valence electrons. The number of halogens is 1. The van der Waals surface area contributed by atoms with Crippen LogP contribution in [0.4, 0.5) is 11.4 Å². The van der Waals surface area contributed by atoms with Crippen molar-refractivity contribution in [3.8, 4) is 0 Å². The minimum absolute atomic E-state index is 0.0291. The molecule has 1 aromatic rings. The Morgan fingerprint density at radius 3 is 2.56 bits per heavy atom. The molecule has 0 atom stereocenters. The number of nitrogens with zero attached hydrogens (tertiary/aromatic N) is 1. The Morgan fingerprint density at radius 1 is 1.50 bits per heavy atom. The van der Waals surface area contributed by atoms with Gasteiger partial charge in [0.25, 0.3) is 5.69 Å². The maximum atomic E-state index is 10.6. The molecule has 0 radical (unpaired) electrons. The molecule has 0 bridgehead atoms. The van der Waals surface area contributed by atoms with E-state index < -0.39 is 4.92 Å². The van der Waals surface area contributed by atoms with Gasteiger partial charge in [-0.2, -0.15) is 0 Å². The number of hydrogen-bond acceptors (Lipinski definition) is 3. The van der Waals surface area contributed by atoms with Gasteiger partial charge >= 0.3 is 0 Å². The number of rotatable bonds is 4. The van der Waals surface area contributed by atoms with Gasteiger partial charge < -0.3 is 5.32 Å². The molecule has 4 nitrogen and oxygen atoms in total. The van der Waals surface area contributed by atoms with E-state index in [9.17, 15) is 10.1 Å². The van der Waals surface area contributed by atoms with Crippen molar-refractivity contribution in [3.63, 3.8) is 0 Å². The summed E-state index contributed by atoms with van der Waals surface area (Å²) in [5.74, 6) is 0. The molecule has 0 spiro atoms. The molecule has 0 aromatic heterocycles. The monoisotopic (exact) mass is 286 g/mol. The number of non-ortho nitro benzene ring substituents is 1. The van der Waals surface area contributed by atoms with Crippen molar-refractivity contribution < 1.29 is 4.92 Å². The second kappa shape index (κ2) is 4.82. The average molecular weight is 287 g/mol. The summed E-state index contributed by atoms with van der Waals surface area (Å²) < 4.78 is 0.711. The van der Waals surface area contributed by atoms with Gasteiger partial charge in [0.1, 0.15) is 0 Å². The third-order valence-electron chi connectivity index (χ3n) is 2.52. The minimum atomic E-state index is -0.403. The number of anilines is 1. The summed E-state index contributed by atoms with van der Waals surface area (Å²) in [7, 11) is 0. The van der Waals surface area contributed by atoms with Crippen LogP contribution in [0.1, 0.15) is 27.2 Å². The van der Waals surface area contributed by atoms with Gasteiger partial charge in [0.2, 0.25) is 0 Å². The normalized spacial score (nSPS) is 11.2. The van der Waals surface area contributed by atoms with Gasteiger partial charge in [-0.3, -0.25) is 10.1 Å². The Labute approximate surface area is 103 Å². The molecule has 0 saturated heterocycles. The van der Waals surface area contributed by atoms with E-state index in [2.05, 4.69) is 42.0 Å². The molecule has 1 rings (SSSR count). The first kappa shape index (κ1) is 13.0. The summed E-state index contributed by atoms with van der Waals surface area (Å²) in [4.78, 5) is 10.2. The fraction of sp³-hybridized carbons (Fsp3) is 0.455. The van der Waals surface area contributed by atoms with Gasteiger partial charge in [0.05, 0.1) is 4.92 Å². The highest BCUT2D eigenvalue weighted by Crippen LogP contribution is 2.29. The van der Waals surface area contributed by atoms with Crippen LogP contribution in [0.15, 0.2) is 22.7 Å². The fourth-order valence-electron chi connectivity index (χ4n) is 1.17. The molecule has 0 aliphatic rings. The van der Waals surface area contributed by atoms with Crippen LogP contribution < -0.4 is 5.32 Å². The van der Waals surface area contributed by atoms with Crippen molar-refractivity contribution in [2.45, 2.75) is 32.7 Å². The van der Waals surface area contributed by atoms with Crippen LogP contribution in [0.25, 0.3) is 0 Å². The molecule has 5 heteroatoms. The molecule has 16 heavy (non-hydrogen) atoms. The van der Waals surface area contributed by atoms with Gasteiger partial charge in [0.15, 0.2) is 0 Å². The van der Waals surface area contributed by atoms with Crippen molar-refractivity contribution in [2.75, 3.05) is 5.32 Å². The van der Waals surface area contributed by atoms with Crippen LogP contribution in [-0.4, -0.2) is 10.5 Å². The quantitative estimate of drug-likeness (QED) is 0.673. The van der Waals surface area contributed by atoms with Crippen LogP contribution in [0.5, 0.6) is 0 Å². The SMILES string of the molecule is CCC(C)(C)Nc1ccc([N+](=O)[O-])cc1Br. The average Bonchev–Trinajstić information content (AvgIpc) is 2.20. The van der Waals surface area contributed by atoms with E-state index in [1.165, 1.54) is 12.1 Å². The smallest absolute Gasteiger partial charge is 0.270 e. The zero-order valence-electron chi connectivity index (χ0n) is 9.58. The van der Waals surface area contributed by atoms with E-state index in [0.717, 1.165) is 12.1 Å². The number of nitro benzene ring substituents is 1. The first-order chi connectivity index (χ1) is 7.35. The lowest BCUT2D eigenvalue weighted by atomic mass is 10.0. The fourth-order valence-corrected chi connectivity index (χ4v) is 1.64. The molecular formula is C11H15BrN2O2. The summed E-state index contributed by atoms with van der Waals surface area (Å²) in [6.07, 6.45) is 0.969. The largest absolute Gasteiger partial charge is 0.379 e. The molecule has 0 aliphatic carbocycles. The summed E-state index contributed by atoms with van der Waals surface area (Å²) in [5, 5.41) is 13.9. The highest BCUT2D eigenvalue weighted by Gasteiger charge is 2.17. The molecule has 0 heterocycles. The molecule has 0 aliphatic heterocycles. The third-order valence-corrected chi connectivity index (χ3v) is 3.18. The molecule has 0 fully saturated rings. The highest BCUT2D eigenvalue weighted by atomic mass is 79.9. The maximum absolute atomic E-state index is 10.6. The van der Waals surface area contributed by atoms with E-state index in [-0.39, 0.29) is 11.2 Å². The van der Waals surface area contributed by atoms with Gasteiger partial charge in [-0.25, -0.2) is 0 Å². The number of nitrogens with one attached hydrogen (secondary N) is 1. The molecule has 0 saturated carbocycles. The Kier molecular flexibility index (Phi) is 3.91. The topological polar surface area (TPSA) is 55.2 Å². The predicted octanol–water partition coefficient (Wildman–Crippen LogP) is 3.96. The van der Waals surface area contributed by atoms with Crippen molar-refractivity contribution in [2.24, 2.45) is 0 Å². The second-order valence-corrected chi connectivity index (χ2v) is 5.14. The van der Waals surface area contributed by atoms with Crippen molar-refractivity contribution in [1.82, 2.24) is 0 Å². The molecule has 0 amide bonds. The van der Waals surface area contributed by atoms with Crippen LogP contribution in [0.2, 0.25) is 0 Å². The van der Waals surface area contributed by atoms with E-state index in [1.54, 1.807) is 6.07 Å². The summed E-state index contributed by atoms with van der Waals surface area (Å²) >= 11 is 3.33. The van der Waals surface area contributed by atoms with Gasteiger partial charge in [0, 0.05) is 27.8 Å². The predicted molar refractivity (Wildman–Crippen MR) is 68.8 cm³/mol. The summed E-state index contributed by atoms with van der Waals surface area (Å²) in [5.41, 5.74) is 0.933. The molecule has 1 aromatic carbocycles. The molecule has 1 N–H and O–H groups in total. The first-order valence-electron chi connectivity index (χ1n) is 5.08. The Morgan fingerprint density at radius 2 is 2.12 bits per heavy atom. The summed E-state index contributed by atoms with van der Waals surface area (Å²) in [6.45, 7) is 6.26. The van der Waals surface area contributed by atoms with Crippen LogP contribution in [0, 0.1) is 10.1 Å². The molecular weight excluding hydrogens is 272 g/mol. The standard InChI is InChI=1S/C11H15BrN2O2/c1-4-11(2,3)13-10-6-5-8(14(15)16)7-9(10)12/h5-7,13H,4H2,1-3H3. The van der Waals surface area contributed by atoms with Gasteiger partial charge in [-0.15, -0.1) is 0 Å². The van der Waals surface area contributed by atoms with Gasteiger partial charge in [-0.05, 0) is 42.3 Å². The number of benzene rings is 1. The number of nitro groups is 1. The zero-order chi connectivity index (χ0) is 12.3. The lowest BCUT2D eigenvalue weighted by Crippen LogP contribution is -2.29. The first-order valence-corrected chi connectivity index (χ1v) is 5.87. The molecule has 0 unspecified atom stereocenters. The lowest BCUT2D eigenvalue weighted by Gasteiger charge is -2.26. The Hall–Kier alpha value is -1.10. The van der Waals surface area contributed by atoms with Crippen molar-refractivity contribution >= 4 is 27.3 Å². The minimum Gasteiger partial charge on any atom is -0.379 e. The maximum Gasteiger partial charge on any atom is 0.270 e. The van der Waals surface area contributed by atoms with E-state index in [1.807, 2.05) is 0 Å². The van der Waals surface area contributed by atoms with E-state index >= 15 is 0 Å². The number of hydrogen-bond donors (Lipinski definition) is 1. The van der Waals surface area contributed by atoms with Crippen molar-refractivity contribution in [1.29, 1.82) is 0 Å². The summed E-state index contributed by atoms with van der Waals surface area (Å²) in [6, 6.07) is 4.73. The Balaban J connectivity index is 2.96. The third kappa shape index (κ3) is 3.20. The van der Waals surface area contributed by atoms with E-state index in [0.29, 0.717) is 4.47 Å². The van der Waals surface area contributed by atoms with Crippen LogP contribution in [0.3, 0.4) is 0 Å². The Bertz CT molecular complexity index is 405. The van der Waals surface area contributed by atoms with Crippen LogP contribution in [-0.2, 0) is 0 Å². The van der Waals surface area contributed by atoms with Crippen molar-refractivity contribution in [3.05, 3.63) is 32.8 Å². The highest BCUT2D eigenvalue weighted by molar-refractivity contribution is 9.10. The van der Waals surface area contributed by atoms with Crippen LogP contribution >= 0.6 is 15.9 Å². The zero-order valence-corrected chi connectivity index (χ0v) is 11.2. The van der Waals surface area contributed by atoms with E-state index in [4.69, 9.17) is 0 Å². The van der Waals surface area contributed by atoms with Gasteiger partial charge in [-0.1, -0.05) is 6.92 Å². The lowest BCUT2D eigenvalue weighted by molar-refractivity contribution is -0.384.